The predicted molar refractivity (Wildman–Crippen MR) is 71.2 cm³/mol. The second-order valence-electron chi connectivity index (χ2n) is 3.34. The van der Waals surface area contributed by atoms with Crippen LogP contribution in [-0.4, -0.2) is 29.4 Å². The van der Waals surface area contributed by atoms with Gasteiger partial charge >= 0.3 is 0 Å². The summed E-state index contributed by atoms with van der Waals surface area (Å²) in [6.45, 7) is 0. The van der Waals surface area contributed by atoms with E-state index in [1.807, 2.05) is 6.07 Å². The fourth-order valence-corrected chi connectivity index (χ4v) is 1.72. The maximum absolute atomic E-state index is 11.5. The summed E-state index contributed by atoms with van der Waals surface area (Å²) in [7, 11) is 1.40. The van der Waals surface area contributed by atoms with Crippen molar-refractivity contribution in [3.63, 3.8) is 0 Å². The van der Waals surface area contributed by atoms with Gasteiger partial charge in [-0.1, -0.05) is 0 Å². The number of hydrogen-bond acceptors (Lipinski definition) is 6. The minimum absolute atomic E-state index is 0.0662. The van der Waals surface area contributed by atoms with Crippen molar-refractivity contribution in [3.8, 4) is 11.8 Å². The Morgan fingerprint density at radius 1 is 1.63 bits per heavy atom. The number of anilines is 1. The van der Waals surface area contributed by atoms with Gasteiger partial charge in [-0.15, -0.1) is 11.8 Å². The van der Waals surface area contributed by atoms with Gasteiger partial charge in [0.25, 0.3) is 5.69 Å². The Kier molecular flexibility index (Phi) is 5.63. The van der Waals surface area contributed by atoms with Crippen molar-refractivity contribution in [2.24, 2.45) is 0 Å². The fourth-order valence-electron chi connectivity index (χ4n) is 1.27. The topological polar surface area (TPSA) is 105 Å². The van der Waals surface area contributed by atoms with Gasteiger partial charge in [0.05, 0.1) is 35.7 Å². The Morgan fingerprint density at radius 2 is 2.37 bits per heavy atom. The molecule has 0 aliphatic rings. The Hall–Kier alpha value is -2.27. The second kappa shape index (κ2) is 7.23. The van der Waals surface area contributed by atoms with Crippen LogP contribution in [-0.2, 0) is 4.79 Å². The number of methoxy groups -OCH3 is 1. The lowest BCUT2D eigenvalue weighted by atomic mass is 10.2. The van der Waals surface area contributed by atoms with Crippen LogP contribution in [0.1, 0.15) is 0 Å². The SMILES string of the molecule is COc1ccc(NC(=O)CSCC#N)c([N+](=O)[O-])c1. The minimum atomic E-state index is -0.597. The molecule has 0 aliphatic carbocycles. The molecule has 1 amide bonds. The number of nitriles is 1. The highest BCUT2D eigenvalue weighted by Crippen LogP contribution is 2.28. The highest BCUT2D eigenvalue weighted by atomic mass is 32.2. The van der Waals surface area contributed by atoms with Gasteiger partial charge in [-0.3, -0.25) is 14.9 Å². The summed E-state index contributed by atoms with van der Waals surface area (Å²) in [4.78, 5) is 21.8. The second-order valence-corrected chi connectivity index (χ2v) is 4.32. The zero-order chi connectivity index (χ0) is 14.3. The molecule has 1 aromatic rings. The van der Waals surface area contributed by atoms with Crippen molar-refractivity contribution in [1.82, 2.24) is 0 Å². The van der Waals surface area contributed by atoms with Gasteiger partial charge in [-0.05, 0) is 12.1 Å². The van der Waals surface area contributed by atoms with E-state index >= 15 is 0 Å². The van der Waals surface area contributed by atoms with Crippen molar-refractivity contribution >= 4 is 29.0 Å². The Labute approximate surface area is 113 Å². The first-order valence-corrected chi connectivity index (χ1v) is 6.31. The standard InChI is InChI=1S/C11H11N3O4S/c1-18-8-2-3-9(10(6-8)14(16)17)13-11(15)7-19-5-4-12/h2-3,6H,5,7H2,1H3,(H,13,15). The van der Waals surface area contributed by atoms with Gasteiger partial charge < -0.3 is 10.1 Å². The molecule has 7 nitrogen and oxygen atoms in total. The third-order valence-electron chi connectivity index (χ3n) is 2.08. The van der Waals surface area contributed by atoms with Crippen LogP contribution in [0.3, 0.4) is 0 Å². The van der Waals surface area contributed by atoms with Crippen LogP contribution in [0.25, 0.3) is 0 Å². The van der Waals surface area contributed by atoms with Crippen molar-refractivity contribution in [1.29, 1.82) is 5.26 Å². The quantitative estimate of drug-likeness (QED) is 0.484. The largest absolute Gasteiger partial charge is 0.496 e. The number of nitro groups is 1. The van der Waals surface area contributed by atoms with E-state index < -0.39 is 10.8 Å². The Morgan fingerprint density at radius 3 is 2.95 bits per heavy atom. The van der Waals surface area contributed by atoms with Crippen LogP contribution in [0.4, 0.5) is 11.4 Å². The van der Waals surface area contributed by atoms with Gasteiger partial charge in [0.1, 0.15) is 11.4 Å². The highest BCUT2D eigenvalue weighted by molar-refractivity contribution is 8.00. The van der Waals surface area contributed by atoms with Gasteiger partial charge in [0.15, 0.2) is 0 Å². The Bertz CT molecular complexity index is 527. The first-order chi connectivity index (χ1) is 9.08. The van der Waals surface area contributed by atoms with Crippen molar-refractivity contribution < 1.29 is 14.5 Å². The lowest BCUT2D eigenvalue weighted by molar-refractivity contribution is -0.384. The number of carbonyl (C=O) groups is 1. The number of benzene rings is 1. The summed E-state index contributed by atoms with van der Waals surface area (Å²) >= 11 is 1.13. The zero-order valence-corrected chi connectivity index (χ0v) is 10.9. The van der Waals surface area contributed by atoms with Crippen LogP contribution in [0.15, 0.2) is 18.2 Å². The van der Waals surface area contributed by atoms with Crippen LogP contribution in [0.2, 0.25) is 0 Å². The van der Waals surface area contributed by atoms with Crippen molar-refractivity contribution in [2.75, 3.05) is 23.9 Å². The number of rotatable bonds is 6. The van der Waals surface area contributed by atoms with Crippen LogP contribution < -0.4 is 10.1 Å². The smallest absolute Gasteiger partial charge is 0.296 e. The molecule has 19 heavy (non-hydrogen) atoms. The fraction of sp³-hybridized carbons (Fsp3) is 0.273. The first-order valence-electron chi connectivity index (χ1n) is 5.15. The molecule has 8 heteroatoms. The summed E-state index contributed by atoms with van der Waals surface area (Å²) in [5, 5.41) is 21.7. The summed E-state index contributed by atoms with van der Waals surface area (Å²) in [5.41, 5.74) is -0.133. The highest BCUT2D eigenvalue weighted by Gasteiger charge is 2.17. The summed E-state index contributed by atoms with van der Waals surface area (Å²) in [6.07, 6.45) is 0. The van der Waals surface area contributed by atoms with E-state index in [4.69, 9.17) is 10.00 Å². The number of nitrogens with zero attached hydrogens (tertiary/aromatic N) is 2. The molecule has 0 fully saturated rings. The average molecular weight is 281 g/mol. The molecule has 0 bridgehead atoms. The summed E-state index contributed by atoms with van der Waals surface area (Å²) in [5.74, 6) is 0.201. The van der Waals surface area contributed by atoms with Crippen LogP contribution >= 0.6 is 11.8 Å². The summed E-state index contributed by atoms with van der Waals surface area (Å²) < 4.78 is 4.89. The molecule has 0 spiro atoms. The van der Waals surface area contributed by atoms with Gasteiger partial charge in [0, 0.05) is 0 Å². The molecule has 0 saturated carbocycles. The molecule has 0 saturated heterocycles. The molecule has 1 rings (SSSR count). The maximum Gasteiger partial charge on any atom is 0.296 e. The van der Waals surface area contributed by atoms with E-state index in [1.54, 1.807) is 0 Å². The minimum Gasteiger partial charge on any atom is -0.496 e. The molecular formula is C11H11N3O4S. The zero-order valence-electron chi connectivity index (χ0n) is 10.1. The van der Waals surface area contributed by atoms with Gasteiger partial charge in [-0.2, -0.15) is 5.26 Å². The van der Waals surface area contributed by atoms with Gasteiger partial charge in [-0.25, -0.2) is 0 Å². The van der Waals surface area contributed by atoms with Gasteiger partial charge in [0.2, 0.25) is 5.91 Å². The van der Waals surface area contributed by atoms with E-state index in [0.717, 1.165) is 11.8 Å². The number of hydrogen-bond donors (Lipinski definition) is 1. The molecule has 0 aliphatic heterocycles. The molecule has 1 aromatic carbocycles. The maximum atomic E-state index is 11.5. The number of ether oxygens (including phenoxy) is 1. The number of amides is 1. The van der Waals surface area contributed by atoms with E-state index in [0.29, 0.717) is 5.75 Å². The monoisotopic (exact) mass is 281 g/mol. The van der Waals surface area contributed by atoms with E-state index in [2.05, 4.69) is 5.32 Å². The molecule has 0 unspecified atom stereocenters. The average Bonchev–Trinajstić information content (AvgIpc) is 2.39. The number of nitrogens with one attached hydrogen (secondary N) is 1. The van der Waals surface area contributed by atoms with E-state index in [1.165, 1.54) is 25.3 Å². The first kappa shape index (κ1) is 14.8. The van der Waals surface area contributed by atoms with Crippen LogP contribution in [0.5, 0.6) is 5.75 Å². The number of nitro benzene ring substituents is 1. The molecule has 100 valence electrons. The lowest BCUT2D eigenvalue weighted by Crippen LogP contribution is -2.15. The predicted octanol–water partition coefficient (Wildman–Crippen LogP) is 1.80. The molecular weight excluding hydrogens is 270 g/mol. The molecule has 0 atom stereocenters. The third-order valence-corrected chi connectivity index (χ3v) is 2.87. The van der Waals surface area contributed by atoms with Crippen LogP contribution in [0, 0.1) is 21.4 Å². The number of carbonyl (C=O) groups excluding carboxylic acids is 1. The molecule has 0 aromatic heterocycles. The Balaban J connectivity index is 2.80. The third kappa shape index (κ3) is 4.48. The molecule has 1 N–H and O–H groups in total. The van der Waals surface area contributed by atoms with Crippen molar-refractivity contribution in [3.05, 3.63) is 28.3 Å². The van der Waals surface area contributed by atoms with E-state index in [-0.39, 0.29) is 22.9 Å². The number of thioether (sulfide) groups is 1. The molecule has 0 heterocycles. The van der Waals surface area contributed by atoms with Crippen molar-refractivity contribution in [2.45, 2.75) is 0 Å². The van der Waals surface area contributed by atoms with E-state index in [9.17, 15) is 14.9 Å². The lowest BCUT2D eigenvalue weighted by Gasteiger charge is -2.06. The molecule has 0 radical (unpaired) electrons. The summed E-state index contributed by atoms with van der Waals surface area (Å²) in [6, 6.07) is 6.05. The normalized spacial score (nSPS) is 9.47.